The summed E-state index contributed by atoms with van der Waals surface area (Å²) in [7, 11) is 1.97. The molecular weight excluding hydrogens is 240 g/mol. The van der Waals surface area contributed by atoms with Gasteiger partial charge in [-0.25, -0.2) is 0 Å². The Balaban J connectivity index is 2.21. The highest BCUT2D eigenvalue weighted by atomic mass is 16.3. The molecule has 5 nitrogen and oxygen atoms in total. The average Bonchev–Trinajstić information content (AvgIpc) is 3.02. The summed E-state index contributed by atoms with van der Waals surface area (Å²) in [6.45, 7) is 4.19. The van der Waals surface area contributed by atoms with Crippen LogP contribution in [-0.2, 0) is 26.3 Å². The monoisotopic (exact) mass is 262 g/mol. The van der Waals surface area contributed by atoms with Gasteiger partial charge in [-0.1, -0.05) is 13.8 Å². The Hall–Kier alpha value is -1.59. The molecule has 0 aliphatic carbocycles. The van der Waals surface area contributed by atoms with Gasteiger partial charge in [0.2, 0.25) is 0 Å². The molecule has 1 atom stereocenters. The first-order chi connectivity index (χ1) is 9.19. The first kappa shape index (κ1) is 13.8. The summed E-state index contributed by atoms with van der Waals surface area (Å²) < 4.78 is 7.40. The van der Waals surface area contributed by atoms with E-state index in [0.717, 1.165) is 36.3 Å². The van der Waals surface area contributed by atoms with Crippen LogP contribution in [0.5, 0.6) is 0 Å². The Morgan fingerprint density at radius 1 is 1.42 bits per heavy atom. The molecular formula is C14H22N4O. The molecule has 104 valence electrons. The minimum Gasteiger partial charge on any atom is -0.469 e. The smallest absolute Gasteiger partial charge is 0.108 e. The van der Waals surface area contributed by atoms with E-state index in [1.165, 1.54) is 5.69 Å². The van der Waals surface area contributed by atoms with Gasteiger partial charge in [-0.3, -0.25) is 16.0 Å². The molecule has 19 heavy (non-hydrogen) atoms. The van der Waals surface area contributed by atoms with Crippen molar-refractivity contribution in [1.82, 2.24) is 15.2 Å². The van der Waals surface area contributed by atoms with Crippen LogP contribution in [0, 0.1) is 0 Å². The van der Waals surface area contributed by atoms with E-state index in [1.807, 2.05) is 17.8 Å². The number of nitrogens with one attached hydrogen (secondary N) is 1. The number of aromatic nitrogens is 2. The maximum atomic E-state index is 5.70. The van der Waals surface area contributed by atoms with Crippen molar-refractivity contribution in [1.29, 1.82) is 0 Å². The van der Waals surface area contributed by atoms with E-state index < -0.39 is 0 Å². The standard InChI is InChI=1S/C14H22N4O/c1-4-10-8-11(18(3)17-10)9-13(16-15)12-6-7-19-14(12)5-2/h6-8,13,16H,4-5,9,15H2,1-3H3. The predicted octanol–water partition coefficient (Wildman–Crippen LogP) is 1.89. The first-order valence-corrected chi connectivity index (χ1v) is 6.73. The zero-order valence-corrected chi connectivity index (χ0v) is 11.8. The predicted molar refractivity (Wildman–Crippen MR) is 74.4 cm³/mol. The third kappa shape index (κ3) is 2.88. The largest absolute Gasteiger partial charge is 0.469 e. The normalized spacial score (nSPS) is 12.8. The summed E-state index contributed by atoms with van der Waals surface area (Å²) >= 11 is 0. The molecule has 0 aliphatic rings. The Morgan fingerprint density at radius 2 is 2.21 bits per heavy atom. The second kappa shape index (κ2) is 6.04. The van der Waals surface area contributed by atoms with E-state index in [9.17, 15) is 0 Å². The first-order valence-electron chi connectivity index (χ1n) is 6.73. The number of hydrazine groups is 1. The number of furan rings is 1. The molecule has 2 rings (SSSR count). The SMILES string of the molecule is CCc1cc(CC(NN)c2ccoc2CC)n(C)n1. The van der Waals surface area contributed by atoms with Crippen molar-refractivity contribution in [2.24, 2.45) is 12.9 Å². The Kier molecular flexibility index (Phi) is 4.39. The maximum Gasteiger partial charge on any atom is 0.108 e. The molecule has 2 aromatic heterocycles. The lowest BCUT2D eigenvalue weighted by Gasteiger charge is -2.15. The molecule has 3 N–H and O–H groups in total. The molecule has 0 aromatic carbocycles. The minimum absolute atomic E-state index is 0.0498. The molecule has 0 radical (unpaired) electrons. The highest BCUT2D eigenvalue weighted by molar-refractivity contribution is 5.24. The lowest BCUT2D eigenvalue weighted by atomic mass is 10.0. The summed E-state index contributed by atoms with van der Waals surface area (Å²) in [5.41, 5.74) is 6.29. The van der Waals surface area contributed by atoms with Crippen molar-refractivity contribution >= 4 is 0 Å². The minimum atomic E-state index is 0.0498. The molecule has 2 aromatic rings. The van der Waals surface area contributed by atoms with Crippen LogP contribution in [0.1, 0.15) is 42.6 Å². The molecule has 0 saturated carbocycles. The quantitative estimate of drug-likeness (QED) is 0.616. The van der Waals surface area contributed by atoms with Crippen molar-refractivity contribution in [3.63, 3.8) is 0 Å². The zero-order valence-electron chi connectivity index (χ0n) is 11.8. The van der Waals surface area contributed by atoms with Crippen molar-refractivity contribution in [3.8, 4) is 0 Å². The van der Waals surface area contributed by atoms with Crippen molar-refractivity contribution in [2.45, 2.75) is 39.2 Å². The van der Waals surface area contributed by atoms with Gasteiger partial charge in [-0.05, 0) is 18.6 Å². The van der Waals surface area contributed by atoms with Crippen LogP contribution in [0.2, 0.25) is 0 Å². The van der Waals surface area contributed by atoms with Crippen LogP contribution in [0.4, 0.5) is 0 Å². The van der Waals surface area contributed by atoms with E-state index in [1.54, 1.807) is 6.26 Å². The number of nitrogens with zero attached hydrogens (tertiary/aromatic N) is 2. The fourth-order valence-electron chi connectivity index (χ4n) is 2.35. The number of aryl methyl sites for hydroxylation is 3. The summed E-state index contributed by atoms with van der Waals surface area (Å²) in [4.78, 5) is 0. The number of hydrogen-bond donors (Lipinski definition) is 2. The molecule has 1 unspecified atom stereocenters. The average molecular weight is 262 g/mol. The van der Waals surface area contributed by atoms with Crippen LogP contribution < -0.4 is 11.3 Å². The van der Waals surface area contributed by atoms with Crippen LogP contribution >= 0.6 is 0 Å². The van der Waals surface area contributed by atoms with Gasteiger partial charge < -0.3 is 4.42 Å². The van der Waals surface area contributed by atoms with Gasteiger partial charge in [0, 0.05) is 31.1 Å². The molecule has 2 heterocycles. The molecule has 0 spiro atoms. The topological polar surface area (TPSA) is 69.0 Å². The van der Waals surface area contributed by atoms with Gasteiger partial charge in [0.1, 0.15) is 5.76 Å². The summed E-state index contributed by atoms with van der Waals surface area (Å²) in [6, 6.07) is 4.17. The van der Waals surface area contributed by atoms with E-state index in [2.05, 4.69) is 30.4 Å². The number of nitrogens with two attached hydrogens (primary N) is 1. The lowest BCUT2D eigenvalue weighted by Crippen LogP contribution is -2.30. The molecule has 0 amide bonds. The molecule has 5 heteroatoms. The third-order valence-electron chi connectivity index (χ3n) is 3.48. The van der Waals surface area contributed by atoms with E-state index >= 15 is 0 Å². The summed E-state index contributed by atoms with van der Waals surface area (Å²) in [5, 5.41) is 4.47. The third-order valence-corrected chi connectivity index (χ3v) is 3.48. The highest BCUT2D eigenvalue weighted by Crippen LogP contribution is 2.23. The van der Waals surface area contributed by atoms with Crippen LogP contribution in [0.15, 0.2) is 22.8 Å². The van der Waals surface area contributed by atoms with Crippen molar-refractivity contribution < 1.29 is 4.42 Å². The number of hydrogen-bond acceptors (Lipinski definition) is 4. The fraction of sp³-hybridized carbons (Fsp3) is 0.500. The van der Waals surface area contributed by atoms with E-state index in [4.69, 9.17) is 10.3 Å². The maximum absolute atomic E-state index is 5.70. The van der Waals surface area contributed by atoms with Gasteiger partial charge in [-0.2, -0.15) is 5.10 Å². The zero-order chi connectivity index (χ0) is 13.8. The summed E-state index contributed by atoms with van der Waals surface area (Å²) in [6.07, 6.45) is 4.33. The Bertz CT molecular complexity index is 529. The van der Waals surface area contributed by atoms with E-state index in [-0.39, 0.29) is 6.04 Å². The second-order valence-electron chi connectivity index (χ2n) is 4.68. The highest BCUT2D eigenvalue weighted by Gasteiger charge is 2.18. The summed E-state index contributed by atoms with van der Waals surface area (Å²) in [5.74, 6) is 6.69. The second-order valence-corrected chi connectivity index (χ2v) is 4.68. The van der Waals surface area contributed by atoms with Crippen LogP contribution in [0.3, 0.4) is 0 Å². The molecule has 0 saturated heterocycles. The molecule has 0 fully saturated rings. The fourth-order valence-corrected chi connectivity index (χ4v) is 2.35. The van der Waals surface area contributed by atoms with Gasteiger partial charge in [0.25, 0.3) is 0 Å². The number of rotatable bonds is 6. The van der Waals surface area contributed by atoms with E-state index in [0.29, 0.717) is 0 Å². The van der Waals surface area contributed by atoms with Crippen molar-refractivity contribution in [3.05, 3.63) is 41.1 Å². The molecule has 0 bridgehead atoms. The van der Waals surface area contributed by atoms with Gasteiger partial charge in [0.05, 0.1) is 18.0 Å². The van der Waals surface area contributed by atoms with Gasteiger partial charge in [0.15, 0.2) is 0 Å². The Labute approximate surface area is 113 Å². The van der Waals surface area contributed by atoms with Gasteiger partial charge in [-0.15, -0.1) is 0 Å². The lowest BCUT2D eigenvalue weighted by molar-refractivity contribution is 0.481. The Morgan fingerprint density at radius 3 is 2.79 bits per heavy atom. The molecule has 0 aliphatic heterocycles. The van der Waals surface area contributed by atoms with Crippen LogP contribution in [-0.4, -0.2) is 9.78 Å². The van der Waals surface area contributed by atoms with Gasteiger partial charge >= 0.3 is 0 Å². The van der Waals surface area contributed by atoms with Crippen LogP contribution in [0.25, 0.3) is 0 Å². The van der Waals surface area contributed by atoms with Crippen molar-refractivity contribution in [2.75, 3.05) is 0 Å².